The van der Waals surface area contributed by atoms with Crippen LogP contribution in [0, 0.1) is 5.92 Å². The lowest BCUT2D eigenvalue weighted by Gasteiger charge is -2.34. The number of hydrogen-bond donors (Lipinski definition) is 1. The summed E-state index contributed by atoms with van der Waals surface area (Å²) in [5, 5.41) is 3.14. The number of carbonyl (C=O) groups excluding carboxylic acids is 1. The van der Waals surface area contributed by atoms with Crippen LogP contribution in [0.25, 0.3) is 0 Å². The molecule has 5 rings (SSSR count). The summed E-state index contributed by atoms with van der Waals surface area (Å²) in [5.41, 5.74) is 0. The Morgan fingerprint density at radius 2 is 1.94 bits per heavy atom. The number of urea groups is 1. The Labute approximate surface area is 190 Å². The van der Waals surface area contributed by atoms with E-state index in [-0.39, 0.29) is 6.03 Å². The van der Waals surface area contributed by atoms with Crippen molar-refractivity contribution in [3.05, 3.63) is 42.1 Å². The number of nitrogens with one attached hydrogen (secondary N) is 1. The van der Waals surface area contributed by atoms with Crippen LogP contribution in [-0.2, 0) is 6.54 Å². The summed E-state index contributed by atoms with van der Waals surface area (Å²) in [6.07, 6.45) is 7.94. The molecule has 0 aromatic carbocycles. The zero-order valence-corrected chi connectivity index (χ0v) is 18.9. The van der Waals surface area contributed by atoms with Crippen LogP contribution in [0.2, 0.25) is 0 Å². The maximum atomic E-state index is 12.8. The molecule has 1 N–H and O–H groups in total. The van der Waals surface area contributed by atoms with Gasteiger partial charge in [0.05, 0.1) is 6.54 Å². The predicted molar refractivity (Wildman–Crippen MR) is 122 cm³/mol. The summed E-state index contributed by atoms with van der Waals surface area (Å²) >= 11 is 0. The molecule has 3 heterocycles. The standard InChI is InChI=1S/C24H34N6O2/c1-18-16-21(18)22-7-6-20(32-22)17-30(19-4-5-19)24(31)27-10-3-11-28-12-14-29(15-13-28)23-25-8-2-9-26-23/h2,6-9,18-19,21H,3-5,10-17H2,1H3,(H,27,31). The highest BCUT2D eigenvalue weighted by atomic mass is 16.3. The number of aromatic nitrogens is 2. The van der Waals surface area contributed by atoms with Gasteiger partial charge in [-0.05, 0) is 56.3 Å². The van der Waals surface area contributed by atoms with Crippen LogP contribution in [0.4, 0.5) is 10.7 Å². The minimum absolute atomic E-state index is 0.0382. The molecule has 2 saturated carbocycles. The Morgan fingerprint density at radius 3 is 2.62 bits per heavy atom. The lowest BCUT2D eigenvalue weighted by molar-refractivity contribution is 0.185. The highest BCUT2D eigenvalue weighted by molar-refractivity contribution is 5.74. The van der Waals surface area contributed by atoms with E-state index in [9.17, 15) is 4.79 Å². The molecule has 0 spiro atoms. The van der Waals surface area contributed by atoms with E-state index >= 15 is 0 Å². The molecular weight excluding hydrogens is 404 g/mol. The van der Waals surface area contributed by atoms with Crippen molar-refractivity contribution in [2.45, 2.75) is 51.1 Å². The molecule has 2 aromatic heterocycles. The molecule has 2 unspecified atom stereocenters. The number of amides is 2. The molecular formula is C24H34N6O2. The van der Waals surface area contributed by atoms with Gasteiger partial charge in [0.1, 0.15) is 11.5 Å². The molecule has 2 aliphatic carbocycles. The number of carbonyl (C=O) groups is 1. The van der Waals surface area contributed by atoms with Crippen LogP contribution in [0.1, 0.15) is 50.0 Å². The Morgan fingerprint density at radius 1 is 1.19 bits per heavy atom. The maximum Gasteiger partial charge on any atom is 0.318 e. The second-order valence-corrected chi connectivity index (χ2v) is 9.45. The first kappa shape index (κ1) is 21.2. The lowest BCUT2D eigenvalue weighted by atomic mass is 10.3. The molecule has 1 aliphatic heterocycles. The fourth-order valence-corrected chi connectivity index (χ4v) is 4.54. The zero-order valence-electron chi connectivity index (χ0n) is 18.9. The molecule has 3 fully saturated rings. The van der Waals surface area contributed by atoms with Crippen molar-refractivity contribution < 1.29 is 9.21 Å². The minimum Gasteiger partial charge on any atom is -0.464 e. The third-order valence-electron chi connectivity index (χ3n) is 6.87. The van der Waals surface area contributed by atoms with E-state index < -0.39 is 0 Å². The monoisotopic (exact) mass is 438 g/mol. The summed E-state index contributed by atoms with van der Waals surface area (Å²) in [4.78, 5) is 28.1. The van der Waals surface area contributed by atoms with E-state index in [4.69, 9.17) is 4.42 Å². The molecule has 2 atom stereocenters. The topological polar surface area (TPSA) is 77.7 Å². The van der Waals surface area contributed by atoms with Gasteiger partial charge in [-0.3, -0.25) is 4.90 Å². The summed E-state index contributed by atoms with van der Waals surface area (Å²) < 4.78 is 6.04. The first-order chi connectivity index (χ1) is 15.7. The first-order valence-electron chi connectivity index (χ1n) is 12.0. The fraction of sp³-hybridized carbons (Fsp3) is 0.625. The van der Waals surface area contributed by atoms with Crippen molar-refractivity contribution in [3.63, 3.8) is 0 Å². The number of furan rings is 1. The van der Waals surface area contributed by atoms with Crippen molar-refractivity contribution in [2.75, 3.05) is 44.2 Å². The van der Waals surface area contributed by atoms with E-state index in [1.54, 1.807) is 12.4 Å². The van der Waals surface area contributed by atoms with Gasteiger partial charge >= 0.3 is 6.03 Å². The van der Waals surface area contributed by atoms with Crippen LogP contribution in [0.5, 0.6) is 0 Å². The molecule has 8 heteroatoms. The minimum atomic E-state index is 0.0382. The van der Waals surface area contributed by atoms with Crippen molar-refractivity contribution in [2.24, 2.45) is 5.92 Å². The van der Waals surface area contributed by atoms with Gasteiger partial charge in [-0.2, -0.15) is 0 Å². The largest absolute Gasteiger partial charge is 0.464 e. The predicted octanol–water partition coefficient (Wildman–Crippen LogP) is 3.08. The average Bonchev–Trinajstić information content (AvgIpc) is 3.75. The molecule has 1 saturated heterocycles. The van der Waals surface area contributed by atoms with Crippen molar-refractivity contribution >= 4 is 12.0 Å². The van der Waals surface area contributed by atoms with Gasteiger partial charge in [-0.1, -0.05) is 6.92 Å². The van der Waals surface area contributed by atoms with Crippen molar-refractivity contribution in [1.82, 2.24) is 25.1 Å². The number of rotatable bonds is 9. The van der Waals surface area contributed by atoms with Gasteiger partial charge < -0.3 is 19.5 Å². The molecule has 3 aliphatic rings. The zero-order chi connectivity index (χ0) is 21.9. The average molecular weight is 439 g/mol. The van der Waals surface area contributed by atoms with Gasteiger partial charge in [0.15, 0.2) is 0 Å². The fourth-order valence-electron chi connectivity index (χ4n) is 4.54. The van der Waals surface area contributed by atoms with Crippen LogP contribution in [-0.4, -0.2) is 71.1 Å². The third kappa shape index (κ3) is 5.23. The molecule has 8 nitrogen and oxygen atoms in total. The quantitative estimate of drug-likeness (QED) is 0.607. The Hall–Kier alpha value is -2.61. The van der Waals surface area contributed by atoms with E-state index in [1.807, 2.05) is 17.0 Å². The molecule has 32 heavy (non-hydrogen) atoms. The van der Waals surface area contributed by atoms with E-state index in [0.717, 1.165) is 75.4 Å². The summed E-state index contributed by atoms with van der Waals surface area (Å²) in [6, 6.07) is 6.38. The highest BCUT2D eigenvalue weighted by Gasteiger charge is 2.37. The maximum absolute atomic E-state index is 12.8. The third-order valence-corrected chi connectivity index (χ3v) is 6.87. The second-order valence-electron chi connectivity index (χ2n) is 9.45. The number of hydrogen-bond acceptors (Lipinski definition) is 6. The van der Waals surface area contributed by atoms with E-state index in [1.165, 1.54) is 6.42 Å². The second kappa shape index (κ2) is 9.48. The molecule has 0 bridgehead atoms. The smallest absolute Gasteiger partial charge is 0.318 e. The number of anilines is 1. The van der Waals surface area contributed by atoms with Crippen molar-refractivity contribution in [1.29, 1.82) is 0 Å². The van der Waals surface area contributed by atoms with Crippen LogP contribution < -0.4 is 10.2 Å². The summed E-state index contributed by atoms with van der Waals surface area (Å²) in [6.45, 7) is 8.41. The van der Waals surface area contributed by atoms with Gasteiger partial charge in [0.2, 0.25) is 5.95 Å². The van der Waals surface area contributed by atoms with Crippen LogP contribution >= 0.6 is 0 Å². The molecule has 2 aromatic rings. The first-order valence-corrected chi connectivity index (χ1v) is 12.0. The van der Waals surface area contributed by atoms with E-state index in [0.29, 0.717) is 25.0 Å². The lowest BCUT2D eigenvalue weighted by Crippen LogP contribution is -2.48. The van der Waals surface area contributed by atoms with Crippen LogP contribution in [0.3, 0.4) is 0 Å². The molecule has 172 valence electrons. The van der Waals surface area contributed by atoms with E-state index in [2.05, 4.69) is 38.1 Å². The SMILES string of the molecule is CC1CC1c1ccc(CN(C(=O)NCCCN2CCN(c3ncccn3)CC2)C2CC2)o1. The normalized spacial score (nSPS) is 23.2. The van der Waals surface area contributed by atoms with Crippen LogP contribution in [0.15, 0.2) is 35.0 Å². The van der Waals surface area contributed by atoms with Gasteiger partial charge in [0.25, 0.3) is 0 Å². The summed E-state index contributed by atoms with van der Waals surface area (Å²) in [5.74, 6) is 4.11. The van der Waals surface area contributed by atoms with Crippen molar-refractivity contribution in [3.8, 4) is 0 Å². The highest BCUT2D eigenvalue weighted by Crippen LogP contribution is 2.47. The number of piperazine rings is 1. The molecule has 2 amide bonds. The summed E-state index contributed by atoms with van der Waals surface area (Å²) in [7, 11) is 0. The van der Waals surface area contributed by atoms with Gasteiger partial charge in [0, 0.05) is 57.1 Å². The Bertz CT molecular complexity index is 891. The Balaban J connectivity index is 1.02. The van der Waals surface area contributed by atoms with Gasteiger partial charge in [-0.15, -0.1) is 0 Å². The Kier molecular flexibility index (Phi) is 6.30. The van der Waals surface area contributed by atoms with Gasteiger partial charge in [-0.25, -0.2) is 14.8 Å². The molecule has 0 radical (unpaired) electrons. The number of nitrogens with zero attached hydrogens (tertiary/aromatic N) is 5.